The predicted molar refractivity (Wildman–Crippen MR) is 50.8 cm³/mol. The Hall–Kier alpha value is 0.01000. The molecule has 62 valence electrons. The van der Waals surface area contributed by atoms with E-state index < -0.39 is 0 Å². The Morgan fingerprint density at radius 1 is 1.55 bits per heavy atom. The first-order valence-corrected chi connectivity index (χ1v) is 4.34. The normalized spacial score (nSPS) is 16.1. The van der Waals surface area contributed by atoms with Gasteiger partial charge in [0.2, 0.25) is 0 Å². The molecule has 1 fully saturated rings. The van der Waals surface area contributed by atoms with Gasteiger partial charge in [0.15, 0.2) is 5.82 Å². The maximum absolute atomic E-state index is 5.87. The molecule has 1 saturated carbocycles. The van der Waals surface area contributed by atoms with Crippen LogP contribution in [0.2, 0.25) is 5.02 Å². The third-order valence-electron chi connectivity index (χ3n) is 1.63. The quantitative estimate of drug-likeness (QED) is 0.775. The molecule has 1 heterocycles. The minimum absolute atomic E-state index is 0. The number of nitrogen functional groups attached to an aromatic ring is 1. The first kappa shape index (κ1) is 9.10. The molecule has 1 aliphatic rings. The number of anilines is 1. The van der Waals surface area contributed by atoms with Gasteiger partial charge in [-0.1, -0.05) is 11.6 Å². The van der Waals surface area contributed by atoms with E-state index in [9.17, 15) is 0 Å². The Balaban J connectivity index is 0.000000605. The topological polar surface area (TPSA) is 38.9 Å². The Labute approximate surface area is 80.3 Å². The Morgan fingerprint density at radius 2 is 2.18 bits per heavy atom. The van der Waals surface area contributed by atoms with Crippen molar-refractivity contribution in [1.29, 1.82) is 0 Å². The van der Waals surface area contributed by atoms with Crippen LogP contribution in [0.5, 0.6) is 0 Å². The maximum Gasteiger partial charge on any atom is 0.156 e. The van der Waals surface area contributed by atoms with Crippen molar-refractivity contribution in [1.82, 2.24) is 4.37 Å². The number of halogens is 2. The molecule has 5 heteroatoms. The van der Waals surface area contributed by atoms with E-state index in [1.807, 2.05) is 0 Å². The van der Waals surface area contributed by atoms with E-state index in [1.165, 1.54) is 29.3 Å². The van der Waals surface area contributed by atoms with Crippen molar-refractivity contribution in [3.05, 3.63) is 9.90 Å². The summed E-state index contributed by atoms with van der Waals surface area (Å²) in [6, 6.07) is 0. The number of hydrogen-bond donors (Lipinski definition) is 1. The lowest BCUT2D eigenvalue weighted by Crippen LogP contribution is -1.83. The molecular weight excluding hydrogens is 203 g/mol. The van der Waals surface area contributed by atoms with Crippen LogP contribution in [-0.2, 0) is 0 Å². The van der Waals surface area contributed by atoms with Gasteiger partial charge in [-0.2, -0.15) is 4.37 Å². The summed E-state index contributed by atoms with van der Waals surface area (Å²) in [7, 11) is 0. The Bertz CT molecular complexity index is 257. The molecule has 0 unspecified atom stereocenters. The molecule has 0 spiro atoms. The monoisotopic (exact) mass is 210 g/mol. The van der Waals surface area contributed by atoms with Gasteiger partial charge in [0.25, 0.3) is 0 Å². The summed E-state index contributed by atoms with van der Waals surface area (Å²) >= 11 is 7.31. The van der Waals surface area contributed by atoms with Gasteiger partial charge in [0.1, 0.15) is 0 Å². The fraction of sp³-hybridized carbons (Fsp3) is 0.500. The zero-order valence-corrected chi connectivity index (χ0v) is 8.10. The molecule has 0 aliphatic heterocycles. The summed E-state index contributed by atoms with van der Waals surface area (Å²) in [5.41, 5.74) is 5.47. The average molecular weight is 211 g/mol. The summed E-state index contributed by atoms with van der Waals surface area (Å²) in [6.45, 7) is 0. The molecule has 2 N–H and O–H groups in total. The van der Waals surface area contributed by atoms with E-state index in [2.05, 4.69) is 4.37 Å². The summed E-state index contributed by atoms with van der Waals surface area (Å²) in [6.07, 6.45) is 2.50. The zero-order chi connectivity index (χ0) is 7.14. The highest BCUT2D eigenvalue weighted by molar-refractivity contribution is 7.07. The van der Waals surface area contributed by atoms with Gasteiger partial charge in [-0.05, 0) is 30.3 Å². The number of aromatic nitrogens is 1. The fourth-order valence-corrected chi connectivity index (χ4v) is 2.11. The largest absolute Gasteiger partial charge is 0.382 e. The molecule has 1 aromatic rings. The van der Waals surface area contributed by atoms with Gasteiger partial charge in [0.05, 0.1) is 5.02 Å². The Kier molecular flexibility index (Phi) is 2.62. The van der Waals surface area contributed by atoms with Crippen LogP contribution in [0, 0.1) is 0 Å². The lowest BCUT2D eigenvalue weighted by Gasteiger charge is -1.88. The summed E-state index contributed by atoms with van der Waals surface area (Å²) in [4.78, 5) is 1.18. The van der Waals surface area contributed by atoms with Crippen LogP contribution in [0.25, 0.3) is 0 Å². The predicted octanol–water partition coefficient (Wildman–Crippen LogP) is 2.68. The standard InChI is InChI=1S/C6H7ClN2S.ClH/c7-4-5(3-1-2-3)10-9-6(4)8;/h3H,1-2H2,(H2,8,9);1H. The second-order valence-corrected chi connectivity index (χ2v) is 3.70. The summed E-state index contributed by atoms with van der Waals surface area (Å²) in [5.74, 6) is 1.16. The average Bonchev–Trinajstić information content (AvgIpc) is 2.67. The van der Waals surface area contributed by atoms with Crippen LogP contribution in [0.3, 0.4) is 0 Å². The van der Waals surface area contributed by atoms with E-state index in [1.54, 1.807) is 0 Å². The van der Waals surface area contributed by atoms with Crippen LogP contribution in [-0.4, -0.2) is 4.37 Å². The first-order chi connectivity index (χ1) is 4.79. The molecule has 0 bridgehead atoms. The van der Waals surface area contributed by atoms with Crippen molar-refractivity contribution in [3.63, 3.8) is 0 Å². The highest BCUT2D eigenvalue weighted by Crippen LogP contribution is 2.46. The molecule has 1 aromatic heterocycles. The van der Waals surface area contributed by atoms with Crippen molar-refractivity contribution >= 4 is 41.4 Å². The number of nitrogens with two attached hydrogens (primary N) is 1. The van der Waals surface area contributed by atoms with Gasteiger partial charge in [-0.15, -0.1) is 12.4 Å². The third-order valence-corrected chi connectivity index (χ3v) is 3.16. The molecule has 2 nitrogen and oxygen atoms in total. The number of hydrogen-bond acceptors (Lipinski definition) is 3. The number of rotatable bonds is 1. The minimum atomic E-state index is 0. The van der Waals surface area contributed by atoms with E-state index >= 15 is 0 Å². The van der Waals surface area contributed by atoms with Crippen LogP contribution < -0.4 is 5.73 Å². The molecular formula is C6H8Cl2N2S. The van der Waals surface area contributed by atoms with Crippen molar-refractivity contribution in [3.8, 4) is 0 Å². The molecule has 2 rings (SSSR count). The highest BCUT2D eigenvalue weighted by atomic mass is 35.5. The maximum atomic E-state index is 5.87. The molecule has 0 atom stereocenters. The van der Waals surface area contributed by atoms with Gasteiger partial charge in [0, 0.05) is 4.88 Å². The van der Waals surface area contributed by atoms with Crippen LogP contribution in [0.15, 0.2) is 0 Å². The molecule has 0 aromatic carbocycles. The third kappa shape index (κ3) is 1.60. The van der Waals surface area contributed by atoms with Crippen molar-refractivity contribution < 1.29 is 0 Å². The molecule has 0 amide bonds. The van der Waals surface area contributed by atoms with E-state index in [-0.39, 0.29) is 12.4 Å². The van der Waals surface area contributed by atoms with E-state index in [0.29, 0.717) is 16.8 Å². The van der Waals surface area contributed by atoms with Crippen LogP contribution in [0.4, 0.5) is 5.82 Å². The van der Waals surface area contributed by atoms with Gasteiger partial charge < -0.3 is 5.73 Å². The smallest absolute Gasteiger partial charge is 0.156 e. The first-order valence-electron chi connectivity index (χ1n) is 3.19. The van der Waals surface area contributed by atoms with E-state index in [4.69, 9.17) is 17.3 Å². The Morgan fingerprint density at radius 3 is 2.55 bits per heavy atom. The minimum Gasteiger partial charge on any atom is -0.382 e. The lowest BCUT2D eigenvalue weighted by molar-refractivity contribution is 1.18. The fourth-order valence-electron chi connectivity index (χ4n) is 0.904. The van der Waals surface area contributed by atoms with Crippen LogP contribution >= 0.6 is 35.5 Å². The van der Waals surface area contributed by atoms with Gasteiger partial charge >= 0.3 is 0 Å². The number of nitrogens with zero attached hydrogens (tertiary/aromatic N) is 1. The molecule has 1 aliphatic carbocycles. The van der Waals surface area contributed by atoms with Crippen LogP contribution in [0.1, 0.15) is 23.6 Å². The van der Waals surface area contributed by atoms with Crippen molar-refractivity contribution in [2.24, 2.45) is 0 Å². The van der Waals surface area contributed by atoms with Gasteiger partial charge in [-0.3, -0.25) is 0 Å². The lowest BCUT2D eigenvalue weighted by atomic mass is 10.3. The molecule has 0 saturated heterocycles. The molecule has 0 radical (unpaired) electrons. The van der Waals surface area contributed by atoms with Crippen molar-refractivity contribution in [2.75, 3.05) is 5.73 Å². The van der Waals surface area contributed by atoms with E-state index in [0.717, 1.165) is 0 Å². The zero-order valence-electron chi connectivity index (χ0n) is 5.71. The summed E-state index contributed by atoms with van der Waals surface area (Å²) in [5, 5.41) is 0.688. The second kappa shape index (κ2) is 3.17. The highest BCUT2D eigenvalue weighted by Gasteiger charge is 2.28. The van der Waals surface area contributed by atoms with Crippen molar-refractivity contribution in [2.45, 2.75) is 18.8 Å². The summed E-state index contributed by atoms with van der Waals surface area (Å²) < 4.78 is 3.96. The van der Waals surface area contributed by atoms with Gasteiger partial charge in [-0.25, -0.2) is 0 Å². The SMILES string of the molecule is Cl.Nc1nsc(C2CC2)c1Cl. The second-order valence-electron chi connectivity index (χ2n) is 2.52. The molecule has 11 heavy (non-hydrogen) atoms.